The number of benzene rings is 1. The zero-order valence-electron chi connectivity index (χ0n) is 13.8. The van der Waals surface area contributed by atoms with E-state index in [0.717, 1.165) is 0 Å². The third-order valence-electron chi connectivity index (χ3n) is 3.62. The van der Waals surface area contributed by atoms with Crippen molar-refractivity contribution in [3.8, 4) is 0 Å². The fourth-order valence-electron chi connectivity index (χ4n) is 2.30. The van der Waals surface area contributed by atoms with Crippen molar-refractivity contribution in [2.75, 3.05) is 10.6 Å². The van der Waals surface area contributed by atoms with Gasteiger partial charge in [0.25, 0.3) is 0 Å². The largest absolute Gasteiger partial charge is 0.372 e. The summed E-state index contributed by atoms with van der Waals surface area (Å²) in [5, 5.41) is 17.1. The van der Waals surface area contributed by atoms with Crippen LogP contribution in [-0.2, 0) is 4.79 Å². The Balaban J connectivity index is 1.85. The summed E-state index contributed by atoms with van der Waals surface area (Å²) in [5.74, 6) is -0.155. The number of hydrogen-bond donors (Lipinski definition) is 2. The smallest absolute Gasteiger partial charge is 0.358 e. The van der Waals surface area contributed by atoms with Crippen molar-refractivity contribution in [2.45, 2.75) is 13.8 Å². The molecule has 2 heterocycles. The summed E-state index contributed by atoms with van der Waals surface area (Å²) in [5.41, 5.74) is 1.78. The van der Waals surface area contributed by atoms with Crippen molar-refractivity contribution < 1.29 is 9.72 Å². The normalized spacial score (nSPS) is 10.8. The molecule has 0 aliphatic carbocycles. The summed E-state index contributed by atoms with van der Waals surface area (Å²) in [7, 11) is 0. The van der Waals surface area contributed by atoms with E-state index in [2.05, 4.69) is 15.6 Å². The molecule has 0 bridgehead atoms. The summed E-state index contributed by atoms with van der Waals surface area (Å²) >= 11 is 0. The average Bonchev–Trinajstić information content (AvgIpc) is 2.94. The van der Waals surface area contributed by atoms with Crippen LogP contribution in [0, 0.1) is 16.0 Å². The molecular weight excluding hydrogens is 322 g/mol. The number of amides is 1. The minimum atomic E-state index is -0.473. The lowest BCUT2D eigenvalue weighted by atomic mass is 10.2. The number of fused-ring (bicyclic) bond motifs is 1. The van der Waals surface area contributed by atoms with E-state index < -0.39 is 4.92 Å². The van der Waals surface area contributed by atoms with E-state index in [1.165, 1.54) is 4.40 Å². The van der Waals surface area contributed by atoms with Crippen LogP contribution in [0.4, 0.5) is 23.0 Å². The number of nitrogens with zero attached hydrogens (tertiary/aromatic N) is 3. The molecule has 8 nitrogen and oxygen atoms in total. The van der Waals surface area contributed by atoms with E-state index in [4.69, 9.17) is 0 Å². The van der Waals surface area contributed by atoms with E-state index in [1.54, 1.807) is 48.7 Å². The highest BCUT2D eigenvalue weighted by molar-refractivity contribution is 5.92. The van der Waals surface area contributed by atoms with Crippen LogP contribution >= 0.6 is 0 Å². The molecular formula is C17H17N5O3. The molecule has 1 aromatic carbocycles. The van der Waals surface area contributed by atoms with Crippen LogP contribution in [0.2, 0.25) is 0 Å². The maximum absolute atomic E-state index is 11.7. The molecule has 8 heteroatoms. The predicted molar refractivity (Wildman–Crippen MR) is 95.0 cm³/mol. The van der Waals surface area contributed by atoms with Crippen LogP contribution in [-0.4, -0.2) is 20.2 Å². The van der Waals surface area contributed by atoms with Gasteiger partial charge in [0.1, 0.15) is 0 Å². The molecule has 0 saturated carbocycles. The highest BCUT2D eigenvalue weighted by Crippen LogP contribution is 2.28. The Kier molecular flexibility index (Phi) is 4.34. The number of anilines is 3. The summed E-state index contributed by atoms with van der Waals surface area (Å²) in [4.78, 5) is 26.9. The number of nitrogens with one attached hydrogen (secondary N) is 2. The van der Waals surface area contributed by atoms with Gasteiger partial charge in [-0.05, 0) is 35.3 Å². The number of carbonyl (C=O) groups excluding carboxylic acids is 1. The Morgan fingerprint density at radius 3 is 2.48 bits per heavy atom. The first-order valence-corrected chi connectivity index (χ1v) is 7.75. The number of nitro groups is 1. The topological polar surface area (TPSA) is 102 Å². The van der Waals surface area contributed by atoms with Crippen LogP contribution in [0.1, 0.15) is 13.8 Å². The van der Waals surface area contributed by atoms with Crippen molar-refractivity contribution in [1.29, 1.82) is 0 Å². The SMILES string of the molecule is CC(C)C(=O)Nc1ccc(Nc2nc3ccccn3c2[N+](=O)[O-])cc1. The van der Waals surface area contributed by atoms with Gasteiger partial charge in [-0.1, -0.05) is 19.9 Å². The van der Waals surface area contributed by atoms with Crippen LogP contribution in [0.15, 0.2) is 48.7 Å². The molecule has 0 aliphatic heterocycles. The second-order valence-electron chi connectivity index (χ2n) is 5.82. The summed E-state index contributed by atoms with van der Waals surface area (Å²) in [6.07, 6.45) is 1.59. The van der Waals surface area contributed by atoms with Gasteiger partial charge in [-0.15, -0.1) is 0 Å². The van der Waals surface area contributed by atoms with Crippen LogP contribution < -0.4 is 10.6 Å². The van der Waals surface area contributed by atoms with Crippen LogP contribution in [0.5, 0.6) is 0 Å². The van der Waals surface area contributed by atoms with E-state index in [9.17, 15) is 14.9 Å². The number of carbonyl (C=O) groups is 1. The zero-order chi connectivity index (χ0) is 18.0. The quantitative estimate of drug-likeness (QED) is 0.546. The maximum atomic E-state index is 11.7. The molecule has 25 heavy (non-hydrogen) atoms. The Bertz CT molecular complexity index is 931. The van der Waals surface area contributed by atoms with Crippen LogP contribution in [0.3, 0.4) is 0 Å². The van der Waals surface area contributed by atoms with Gasteiger partial charge in [0.2, 0.25) is 17.4 Å². The highest BCUT2D eigenvalue weighted by atomic mass is 16.6. The molecule has 2 N–H and O–H groups in total. The summed E-state index contributed by atoms with van der Waals surface area (Å²) < 4.78 is 1.42. The van der Waals surface area contributed by atoms with E-state index in [0.29, 0.717) is 17.0 Å². The average molecular weight is 339 g/mol. The minimum Gasteiger partial charge on any atom is -0.358 e. The van der Waals surface area contributed by atoms with Crippen molar-refractivity contribution in [2.24, 2.45) is 5.92 Å². The van der Waals surface area contributed by atoms with E-state index in [-0.39, 0.29) is 23.5 Å². The second-order valence-corrected chi connectivity index (χ2v) is 5.82. The summed E-state index contributed by atoms with van der Waals surface area (Å²) in [6, 6.07) is 12.1. The van der Waals surface area contributed by atoms with Crippen LogP contribution in [0.25, 0.3) is 5.65 Å². The molecule has 128 valence electrons. The van der Waals surface area contributed by atoms with E-state index in [1.807, 2.05) is 13.8 Å². The first kappa shape index (κ1) is 16.4. The maximum Gasteiger partial charge on any atom is 0.372 e. The number of rotatable bonds is 5. The fourth-order valence-corrected chi connectivity index (χ4v) is 2.30. The molecule has 1 amide bonds. The van der Waals surface area contributed by atoms with Gasteiger partial charge in [0.15, 0.2) is 0 Å². The Hall–Kier alpha value is -3.42. The minimum absolute atomic E-state index is 0.0725. The van der Waals surface area contributed by atoms with Gasteiger partial charge in [-0.3, -0.25) is 4.79 Å². The van der Waals surface area contributed by atoms with Crippen molar-refractivity contribution in [1.82, 2.24) is 9.38 Å². The monoisotopic (exact) mass is 339 g/mol. The number of hydrogen-bond acceptors (Lipinski definition) is 5. The molecule has 0 aliphatic rings. The Labute approximate surface area is 143 Å². The second kappa shape index (κ2) is 6.60. The first-order chi connectivity index (χ1) is 12.0. The molecule has 2 aromatic heterocycles. The Morgan fingerprint density at radius 1 is 1.16 bits per heavy atom. The van der Waals surface area contributed by atoms with Gasteiger partial charge >= 0.3 is 5.82 Å². The van der Waals surface area contributed by atoms with Gasteiger partial charge in [-0.2, -0.15) is 9.38 Å². The molecule has 0 radical (unpaired) electrons. The molecule has 3 rings (SSSR count). The third kappa shape index (κ3) is 3.42. The number of aromatic nitrogens is 2. The van der Waals surface area contributed by atoms with Gasteiger partial charge < -0.3 is 20.7 Å². The summed E-state index contributed by atoms with van der Waals surface area (Å²) in [6.45, 7) is 3.63. The lowest BCUT2D eigenvalue weighted by Gasteiger charge is -2.09. The molecule has 0 atom stereocenters. The highest BCUT2D eigenvalue weighted by Gasteiger charge is 2.22. The molecule has 0 spiro atoms. The standard InChI is InChI=1S/C17H17N5O3/c1-11(2)16(23)19-13-8-6-12(7-9-13)18-15-17(22(24)25)21-10-4-3-5-14(21)20-15/h3-11,18H,1-2H3,(H,19,23). The van der Waals surface area contributed by atoms with Gasteiger partial charge in [0.05, 0.1) is 6.20 Å². The van der Waals surface area contributed by atoms with Gasteiger partial charge in [0, 0.05) is 23.4 Å². The first-order valence-electron chi connectivity index (χ1n) is 7.75. The molecule has 0 saturated heterocycles. The molecule has 0 fully saturated rings. The van der Waals surface area contributed by atoms with Crippen molar-refractivity contribution in [3.63, 3.8) is 0 Å². The number of pyridine rings is 1. The van der Waals surface area contributed by atoms with Gasteiger partial charge in [-0.25, -0.2) is 0 Å². The molecule has 3 aromatic rings. The fraction of sp³-hybridized carbons (Fsp3) is 0.176. The van der Waals surface area contributed by atoms with Crippen molar-refractivity contribution in [3.05, 3.63) is 58.8 Å². The Morgan fingerprint density at radius 2 is 1.84 bits per heavy atom. The van der Waals surface area contributed by atoms with E-state index >= 15 is 0 Å². The lowest BCUT2D eigenvalue weighted by molar-refractivity contribution is -0.389. The number of imidazole rings is 1. The van der Waals surface area contributed by atoms with Crippen molar-refractivity contribution >= 4 is 34.6 Å². The zero-order valence-corrected chi connectivity index (χ0v) is 13.8. The third-order valence-corrected chi connectivity index (χ3v) is 3.62. The molecule has 0 unspecified atom stereocenters. The lowest BCUT2D eigenvalue weighted by Crippen LogP contribution is -2.17. The predicted octanol–water partition coefficient (Wildman–Crippen LogP) is 3.58.